The molecule has 3 nitrogen and oxygen atoms in total. The lowest BCUT2D eigenvalue weighted by Crippen LogP contribution is -1.92. The number of pyridine rings is 1. The minimum absolute atomic E-state index is 0.617. The van der Waals surface area contributed by atoms with Gasteiger partial charge in [-0.05, 0) is 22.0 Å². The van der Waals surface area contributed by atoms with Crippen molar-refractivity contribution in [2.45, 2.75) is 0 Å². The van der Waals surface area contributed by atoms with Gasteiger partial charge in [-0.25, -0.2) is 0 Å². The number of methoxy groups -OCH3 is 2. The third kappa shape index (κ3) is 1.83. The van der Waals surface area contributed by atoms with Gasteiger partial charge in [0.05, 0.1) is 29.2 Å². The van der Waals surface area contributed by atoms with Crippen LogP contribution in [0.1, 0.15) is 0 Å². The first-order chi connectivity index (χ1) is 7.67. The highest BCUT2D eigenvalue weighted by Gasteiger charge is 2.10. The second-order valence-corrected chi connectivity index (χ2v) is 4.38. The molecule has 1 heterocycles. The summed E-state index contributed by atoms with van der Waals surface area (Å²) >= 11 is 9.50. The molecule has 2 rings (SSSR count). The molecule has 1 aromatic heterocycles. The van der Waals surface area contributed by atoms with E-state index in [1.165, 1.54) is 0 Å². The SMILES string of the molecule is COc1cc2ncc(Br)c(Cl)c2cc1OC. The zero-order valence-electron chi connectivity index (χ0n) is 8.75. The summed E-state index contributed by atoms with van der Waals surface area (Å²) in [6.07, 6.45) is 1.66. The predicted octanol–water partition coefficient (Wildman–Crippen LogP) is 3.67. The van der Waals surface area contributed by atoms with Crippen LogP contribution in [0, 0.1) is 0 Å². The van der Waals surface area contributed by atoms with Crippen LogP contribution in [0.2, 0.25) is 5.02 Å². The summed E-state index contributed by atoms with van der Waals surface area (Å²) in [4.78, 5) is 4.26. The number of aromatic nitrogens is 1. The summed E-state index contributed by atoms with van der Waals surface area (Å²) in [6.45, 7) is 0. The fourth-order valence-electron chi connectivity index (χ4n) is 1.46. The first-order valence-corrected chi connectivity index (χ1v) is 5.70. The van der Waals surface area contributed by atoms with E-state index in [1.54, 1.807) is 26.5 Å². The molecule has 0 atom stereocenters. The molecule has 0 saturated carbocycles. The second-order valence-electron chi connectivity index (χ2n) is 3.14. The van der Waals surface area contributed by atoms with E-state index in [4.69, 9.17) is 21.1 Å². The van der Waals surface area contributed by atoms with Gasteiger partial charge in [0.2, 0.25) is 0 Å². The van der Waals surface area contributed by atoms with Gasteiger partial charge in [-0.2, -0.15) is 0 Å². The summed E-state index contributed by atoms with van der Waals surface area (Å²) in [5.41, 5.74) is 0.769. The molecule has 16 heavy (non-hydrogen) atoms. The minimum Gasteiger partial charge on any atom is -0.493 e. The lowest BCUT2D eigenvalue weighted by atomic mass is 10.2. The Morgan fingerprint density at radius 3 is 2.44 bits per heavy atom. The Hall–Kier alpha value is -1.00. The molecule has 0 saturated heterocycles. The molecule has 84 valence electrons. The van der Waals surface area contributed by atoms with Crippen LogP contribution in [-0.4, -0.2) is 19.2 Å². The Kier molecular flexibility index (Phi) is 3.21. The maximum atomic E-state index is 6.17. The number of ether oxygens (including phenoxy) is 2. The van der Waals surface area contributed by atoms with Crippen molar-refractivity contribution in [3.8, 4) is 11.5 Å². The van der Waals surface area contributed by atoms with Gasteiger partial charge >= 0.3 is 0 Å². The van der Waals surface area contributed by atoms with Crippen molar-refractivity contribution in [1.82, 2.24) is 4.98 Å². The first-order valence-electron chi connectivity index (χ1n) is 4.53. The molecule has 2 aromatic rings. The summed E-state index contributed by atoms with van der Waals surface area (Å²) in [5.74, 6) is 1.28. The minimum atomic E-state index is 0.617. The van der Waals surface area contributed by atoms with Crippen LogP contribution in [0.15, 0.2) is 22.8 Å². The monoisotopic (exact) mass is 301 g/mol. The summed E-state index contributed by atoms with van der Waals surface area (Å²) in [6, 6.07) is 3.61. The van der Waals surface area contributed by atoms with Crippen LogP contribution in [0.5, 0.6) is 11.5 Å². The molecule has 0 spiro atoms. The molecule has 0 unspecified atom stereocenters. The summed E-state index contributed by atoms with van der Waals surface area (Å²) in [7, 11) is 3.17. The van der Waals surface area contributed by atoms with Crippen LogP contribution in [0.3, 0.4) is 0 Å². The first kappa shape index (κ1) is 11.5. The number of hydrogen-bond acceptors (Lipinski definition) is 3. The van der Waals surface area contributed by atoms with Crippen molar-refractivity contribution >= 4 is 38.4 Å². The lowest BCUT2D eigenvalue weighted by Gasteiger charge is -2.09. The number of rotatable bonds is 2. The molecule has 0 aliphatic carbocycles. The molecule has 0 bridgehead atoms. The number of fused-ring (bicyclic) bond motifs is 1. The lowest BCUT2D eigenvalue weighted by molar-refractivity contribution is 0.356. The van der Waals surface area contributed by atoms with Gasteiger partial charge in [-0.1, -0.05) is 11.6 Å². The van der Waals surface area contributed by atoms with Crippen molar-refractivity contribution in [1.29, 1.82) is 0 Å². The quantitative estimate of drug-likeness (QED) is 0.848. The Morgan fingerprint density at radius 1 is 1.19 bits per heavy atom. The van der Waals surface area contributed by atoms with Gasteiger partial charge in [0.25, 0.3) is 0 Å². The van der Waals surface area contributed by atoms with E-state index in [0.29, 0.717) is 16.5 Å². The fraction of sp³-hybridized carbons (Fsp3) is 0.182. The highest BCUT2D eigenvalue weighted by Crippen LogP contribution is 2.36. The van der Waals surface area contributed by atoms with E-state index in [0.717, 1.165) is 15.4 Å². The molecule has 0 fully saturated rings. The van der Waals surface area contributed by atoms with E-state index in [-0.39, 0.29) is 0 Å². The van der Waals surface area contributed by atoms with E-state index in [9.17, 15) is 0 Å². The largest absolute Gasteiger partial charge is 0.493 e. The molecule has 0 aliphatic heterocycles. The molecule has 1 aromatic carbocycles. The molecule has 5 heteroatoms. The highest BCUT2D eigenvalue weighted by atomic mass is 79.9. The smallest absolute Gasteiger partial charge is 0.162 e. The third-order valence-electron chi connectivity index (χ3n) is 2.27. The maximum absolute atomic E-state index is 6.17. The van der Waals surface area contributed by atoms with Gasteiger partial charge in [0.1, 0.15) is 0 Å². The van der Waals surface area contributed by atoms with E-state index >= 15 is 0 Å². The van der Waals surface area contributed by atoms with Crippen molar-refractivity contribution in [2.75, 3.05) is 14.2 Å². The van der Waals surface area contributed by atoms with Crippen LogP contribution >= 0.6 is 27.5 Å². The van der Waals surface area contributed by atoms with Crippen molar-refractivity contribution < 1.29 is 9.47 Å². The molecule has 0 radical (unpaired) electrons. The van der Waals surface area contributed by atoms with E-state index in [2.05, 4.69) is 20.9 Å². The average Bonchev–Trinajstić information content (AvgIpc) is 2.32. The topological polar surface area (TPSA) is 31.4 Å². The Balaban J connectivity index is 2.78. The number of halogens is 2. The van der Waals surface area contributed by atoms with Crippen LogP contribution in [0.25, 0.3) is 10.9 Å². The van der Waals surface area contributed by atoms with E-state index in [1.807, 2.05) is 6.07 Å². The van der Waals surface area contributed by atoms with Gasteiger partial charge in [-0.15, -0.1) is 0 Å². The zero-order chi connectivity index (χ0) is 11.7. The summed E-state index contributed by atoms with van der Waals surface area (Å²) < 4.78 is 11.2. The van der Waals surface area contributed by atoms with Crippen molar-refractivity contribution in [2.24, 2.45) is 0 Å². The average molecular weight is 303 g/mol. The summed E-state index contributed by atoms with van der Waals surface area (Å²) in [5, 5.41) is 1.44. The van der Waals surface area contributed by atoms with E-state index < -0.39 is 0 Å². The third-order valence-corrected chi connectivity index (χ3v) is 3.50. The van der Waals surface area contributed by atoms with Gasteiger partial charge in [0, 0.05) is 17.6 Å². The normalized spacial score (nSPS) is 10.5. The molecule has 0 aliphatic rings. The van der Waals surface area contributed by atoms with Crippen molar-refractivity contribution in [3.63, 3.8) is 0 Å². The Morgan fingerprint density at radius 2 is 1.81 bits per heavy atom. The second kappa shape index (κ2) is 4.47. The Labute approximate surface area is 106 Å². The fourth-order valence-corrected chi connectivity index (χ4v) is 1.98. The van der Waals surface area contributed by atoms with Crippen LogP contribution in [0.4, 0.5) is 0 Å². The predicted molar refractivity (Wildman–Crippen MR) is 67.6 cm³/mol. The van der Waals surface area contributed by atoms with Gasteiger partial charge < -0.3 is 9.47 Å². The van der Waals surface area contributed by atoms with Crippen LogP contribution in [-0.2, 0) is 0 Å². The van der Waals surface area contributed by atoms with Crippen LogP contribution < -0.4 is 9.47 Å². The number of benzene rings is 1. The zero-order valence-corrected chi connectivity index (χ0v) is 11.1. The maximum Gasteiger partial charge on any atom is 0.162 e. The van der Waals surface area contributed by atoms with Gasteiger partial charge in [-0.3, -0.25) is 4.98 Å². The Bertz CT molecular complexity index is 545. The van der Waals surface area contributed by atoms with Crippen molar-refractivity contribution in [3.05, 3.63) is 27.8 Å². The number of nitrogens with zero attached hydrogens (tertiary/aromatic N) is 1. The van der Waals surface area contributed by atoms with Gasteiger partial charge in [0.15, 0.2) is 11.5 Å². The molecular formula is C11H9BrClNO2. The molecular weight excluding hydrogens is 293 g/mol. The highest BCUT2D eigenvalue weighted by molar-refractivity contribution is 9.10. The molecule has 0 N–H and O–H groups in total. The molecule has 0 amide bonds. The standard InChI is InChI=1S/C11H9BrClNO2/c1-15-9-3-6-8(4-10(9)16-2)14-5-7(12)11(6)13/h3-5H,1-2H3. The number of hydrogen-bond donors (Lipinski definition) is 0.